The Hall–Kier alpha value is -1.66. The van der Waals surface area contributed by atoms with E-state index in [0.717, 1.165) is 51.1 Å². The van der Waals surface area contributed by atoms with Gasteiger partial charge in [0.25, 0.3) is 0 Å². The Morgan fingerprint density at radius 3 is 3.09 bits per heavy atom. The van der Waals surface area contributed by atoms with Crippen molar-refractivity contribution in [1.29, 1.82) is 0 Å². The van der Waals surface area contributed by atoms with Crippen LogP contribution in [0.4, 0.5) is 0 Å². The summed E-state index contributed by atoms with van der Waals surface area (Å²) < 4.78 is 6.13. The predicted octanol–water partition coefficient (Wildman–Crippen LogP) is 2.49. The highest BCUT2D eigenvalue weighted by Crippen LogP contribution is 2.40. The normalized spacial score (nSPS) is 19.7. The number of aryl methyl sites for hydroxylation is 1. The number of thiophene rings is 1. The van der Waals surface area contributed by atoms with Gasteiger partial charge in [0.1, 0.15) is 5.60 Å². The van der Waals surface area contributed by atoms with Gasteiger partial charge in [-0.15, -0.1) is 0 Å². The standard InChI is InChI=1S/C17H21N3O2S/c21-15(2-1-13-4-10-23-12-13)20-7-5-17(6-8-20)16-14(3-9-22-17)11-18-19-16/h4,10-12H,1-3,5-9H2,(H,18,19). The SMILES string of the molecule is O=C(CCc1ccsc1)N1CCC2(CC1)OCCc1cn[nH]c12. The van der Waals surface area contributed by atoms with Gasteiger partial charge in [-0.25, -0.2) is 0 Å². The first-order valence-corrected chi connectivity index (χ1v) is 9.17. The number of aromatic nitrogens is 2. The molecule has 1 spiro atoms. The van der Waals surface area contributed by atoms with E-state index < -0.39 is 0 Å². The number of carbonyl (C=O) groups is 1. The summed E-state index contributed by atoms with van der Waals surface area (Å²) in [4.78, 5) is 14.4. The third-order valence-corrected chi connectivity index (χ3v) is 5.79. The molecule has 0 atom stereocenters. The van der Waals surface area contributed by atoms with Gasteiger partial charge < -0.3 is 9.64 Å². The molecule has 0 bridgehead atoms. The molecule has 1 fully saturated rings. The maximum absolute atomic E-state index is 12.4. The lowest BCUT2D eigenvalue weighted by atomic mass is 9.83. The van der Waals surface area contributed by atoms with Gasteiger partial charge in [-0.05, 0) is 53.6 Å². The fourth-order valence-corrected chi connectivity index (χ4v) is 4.38. The lowest BCUT2D eigenvalue weighted by Gasteiger charge is -2.43. The van der Waals surface area contributed by atoms with Crippen LogP contribution in [0.1, 0.15) is 36.1 Å². The molecule has 4 rings (SSSR count). The second-order valence-electron chi connectivity index (χ2n) is 6.38. The minimum Gasteiger partial charge on any atom is -0.368 e. The highest BCUT2D eigenvalue weighted by molar-refractivity contribution is 7.07. The number of carbonyl (C=O) groups excluding carboxylic acids is 1. The number of piperidine rings is 1. The number of ether oxygens (including phenoxy) is 1. The van der Waals surface area contributed by atoms with E-state index in [4.69, 9.17) is 4.74 Å². The Balaban J connectivity index is 1.37. The maximum Gasteiger partial charge on any atom is 0.222 e. The Labute approximate surface area is 139 Å². The van der Waals surface area contributed by atoms with Crippen LogP contribution < -0.4 is 0 Å². The first kappa shape index (κ1) is 14.9. The average Bonchev–Trinajstić information content (AvgIpc) is 3.25. The number of amides is 1. The van der Waals surface area contributed by atoms with Crippen LogP contribution in [-0.2, 0) is 28.0 Å². The molecule has 5 nitrogen and oxygen atoms in total. The van der Waals surface area contributed by atoms with Gasteiger partial charge in [-0.2, -0.15) is 16.4 Å². The van der Waals surface area contributed by atoms with Crippen molar-refractivity contribution < 1.29 is 9.53 Å². The van der Waals surface area contributed by atoms with Gasteiger partial charge in [0.05, 0.1) is 18.5 Å². The van der Waals surface area contributed by atoms with E-state index in [1.54, 1.807) is 11.3 Å². The summed E-state index contributed by atoms with van der Waals surface area (Å²) in [5.74, 6) is 0.256. The molecule has 0 aromatic carbocycles. The molecule has 1 N–H and O–H groups in total. The van der Waals surface area contributed by atoms with Gasteiger partial charge >= 0.3 is 0 Å². The first-order valence-electron chi connectivity index (χ1n) is 8.22. The molecule has 4 heterocycles. The number of nitrogens with zero attached hydrogens (tertiary/aromatic N) is 2. The van der Waals surface area contributed by atoms with Crippen LogP contribution in [0.5, 0.6) is 0 Å². The van der Waals surface area contributed by atoms with Crippen molar-refractivity contribution in [3.05, 3.63) is 39.8 Å². The number of aromatic amines is 1. The van der Waals surface area contributed by atoms with Crippen LogP contribution in [0, 0.1) is 0 Å². The smallest absolute Gasteiger partial charge is 0.222 e. The third kappa shape index (κ3) is 2.81. The average molecular weight is 331 g/mol. The van der Waals surface area contributed by atoms with Crippen molar-refractivity contribution in [3.8, 4) is 0 Å². The van der Waals surface area contributed by atoms with E-state index >= 15 is 0 Å². The van der Waals surface area contributed by atoms with E-state index in [1.165, 1.54) is 11.1 Å². The van der Waals surface area contributed by atoms with Crippen molar-refractivity contribution in [1.82, 2.24) is 15.1 Å². The largest absolute Gasteiger partial charge is 0.368 e. The van der Waals surface area contributed by atoms with E-state index in [1.807, 2.05) is 11.1 Å². The minimum atomic E-state index is -0.256. The fraction of sp³-hybridized carbons (Fsp3) is 0.529. The summed E-state index contributed by atoms with van der Waals surface area (Å²) >= 11 is 1.68. The van der Waals surface area contributed by atoms with Crippen molar-refractivity contribution in [2.45, 2.75) is 37.7 Å². The molecule has 0 saturated carbocycles. The second kappa shape index (κ2) is 6.09. The molecule has 0 radical (unpaired) electrons. The summed E-state index contributed by atoms with van der Waals surface area (Å²) in [5, 5.41) is 11.5. The van der Waals surface area contributed by atoms with Crippen LogP contribution in [0.25, 0.3) is 0 Å². The summed E-state index contributed by atoms with van der Waals surface area (Å²) in [6, 6.07) is 2.10. The molecule has 6 heteroatoms. The number of hydrogen-bond acceptors (Lipinski definition) is 4. The highest BCUT2D eigenvalue weighted by Gasteiger charge is 2.42. The third-order valence-electron chi connectivity index (χ3n) is 5.05. The van der Waals surface area contributed by atoms with Gasteiger partial charge in [0.2, 0.25) is 5.91 Å². The van der Waals surface area contributed by atoms with Gasteiger partial charge in [0, 0.05) is 19.5 Å². The van der Waals surface area contributed by atoms with Gasteiger partial charge in [-0.1, -0.05) is 0 Å². The quantitative estimate of drug-likeness (QED) is 0.940. The Kier molecular flexibility index (Phi) is 3.95. The minimum absolute atomic E-state index is 0.256. The maximum atomic E-state index is 12.4. The topological polar surface area (TPSA) is 58.2 Å². The summed E-state index contributed by atoms with van der Waals surface area (Å²) in [7, 11) is 0. The Morgan fingerprint density at radius 1 is 1.43 bits per heavy atom. The lowest BCUT2D eigenvalue weighted by molar-refractivity contribution is -0.141. The van der Waals surface area contributed by atoms with E-state index in [0.29, 0.717) is 6.42 Å². The number of hydrogen-bond donors (Lipinski definition) is 1. The lowest BCUT2D eigenvalue weighted by Crippen LogP contribution is -2.48. The molecule has 2 aromatic heterocycles. The predicted molar refractivity (Wildman–Crippen MR) is 88.4 cm³/mol. The number of H-pyrrole nitrogens is 1. The van der Waals surface area contributed by atoms with Crippen LogP contribution in [0.15, 0.2) is 23.0 Å². The second-order valence-corrected chi connectivity index (χ2v) is 7.16. The zero-order chi connectivity index (χ0) is 15.7. The highest BCUT2D eigenvalue weighted by atomic mass is 32.1. The Bertz CT molecular complexity index is 672. The zero-order valence-electron chi connectivity index (χ0n) is 13.1. The number of likely N-dealkylation sites (tertiary alicyclic amines) is 1. The number of fused-ring (bicyclic) bond motifs is 2. The molecule has 1 amide bonds. The van der Waals surface area contributed by atoms with Crippen LogP contribution in [-0.4, -0.2) is 40.7 Å². The molecule has 2 aromatic rings. The summed E-state index contributed by atoms with van der Waals surface area (Å²) in [5.41, 5.74) is 3.41. The molecule has 2 aliphatic heterocycles. The van der Waals surface area contributed by atoms with Crippen molar-refractivity contribution in [2.24, 2.45) is 0 Å². The van der Waals surface area contributed by atoms with Crippen molar-refractivity contribution >= 4 is 17.2 Å². The molecular weight excluding hydrogens is 310 g/mol. The molecule has 1 saturated heterocycles. The fourth-order valence-electron chi connectivity index (χ4n) is 3.68. The Morgan fingerprint density at radius 2 is 2.30 bits per heavy atom. The summed E-state index contributed by atoms with van der Waals surface area (Å²) in [6.07, 6.45) is 5.98. The van der Waals surface area contributed by atoms with Crippen molar-refractivity contribution in [3.63, 3.8) is 0 Å². The molecule has 0 aliphatic carbocycles. The number of nitrogens with one attached hydrogen (secondary N) is 1. The zero-order valence-corrected chi connectivity index (χ0v) is 13.9. The molecule has 0 unspecified atom stereocenters. The number of rotatable bonds is 3. The van der Waals surface area contributed by atoms with Crippen LogP contribution in [0.2, 0.25) is 0 Å². The van der Waals surface area contributed by atoms with E-state index in [9.17, 15) is 4.79 Å². The van der Waals surface area contributed by atoms with Crippen molar-refractivity contribution in [2.75, 3.05) is 19.7 Å². The monoisotopic (exact) mass is 331 g/mol. The molecular formula is C17H21N3O2S. The molecule has 2 aliphatic rings. The van der Waals surface area contributed by atoms with Gasteiger partial charge in [0.15, 0.2) is 0 Å². The van der Waals surface area contributed by atoms with E-state index in [2.05, 4.69) is 27.0 Å². The van der Waals surface area contributed by atoms with Gasteiger partial charge in [-0.3, -0.25) is 9.89 Å². The first-order chi connectivity index (χ1) is 11.3. The van der Waals surface area contributed by atoms with E-state index in [-0.39, 0.29) is 11.5 Å². The van der Waals surface area contributed by atoms with Crippen LogP contribution in [0.3, 0.4) is 0 Å². The van der Waals surface area contributed by atoms with Crippen LogP contribution >= 0.6 is 11.3 Å². The molecule has 23 heavy (non-hydrogen) atoms. The summed E-state index contributed by atoms with van der Waals surface area (Å²) in [6.45, 7) is 2.28. The molecule has 122 valence electrons.